The van der Waals surface area contributed by atoms with Crippen LogP contribution in [0, 0.1) is 5.92 Å². The van der Waals surface area contributed by atoms with Gasteiger partial charge in [0.25, 0.3) is 0 Å². The van der Waals surface area contributed by atoms with E-state index in [1.165, 1.54) is 9.87 Å². The van der Waals surface area contributed by atoms with Crippen molar-refractivity contribution in [1.29, 1.82) is 0 Å². The number of anilines is 1. The van der Waals surface area contributed by atoms with Crippen molar-refractivity contribution in [3.63, 3.8) is 0 Å². The molecule has 1 atom stereocenters. The summed E-state index contributed by atoms with van der Waals surface area (Å²) in [6, 6.07) is 7.76. The van der Waals surface area contributed by atoms with Gasteiger partial charge in [-0.2, -0.15) is 0 Å². The Bertz CT molecular complexity index is 611. The maximum atomic E-state index is 12.4. The van der Waals surface area contributed by atoms with Gasteiger partial charge in [-0.1, -0.05) is 19.1 Å². The second-order valence-electron chi connectivity index (χ2n) is 5.64. The van der Waals surface area contributed by atoms with Gasteiger partial charge in [0, 0.05) is 18.8 Å². The number of sulfonamides is 1. The van der Waals surface area contributed by atoms with Crippen LogP contribution in [-0.4, -0.2) is 37.5 Å². The lowest BCUT2D eigenvalue weighted by molar-refractivity contribution is -0.120. The lowest BCUT2D eigenvalue weighted by Crippen LogP contribution is -2.44. The SMILES string of the molecule is CCc1ccc(NC(=O)C2CCCN(S(=O)(=O)CC)C2)cc1. The molecule has 1 aliphatic heterocycles. The van der Waals surface area contributed by atoms with E-state index < -0.39 is 10.0 Å². The van der Waals surface area contributed by atoms with Crippen LogP contribution in [0.15, 0.2) is 24.3 Å². The highest BCUT2D eigenvalue weighted by atomic mass is 32.2. The Kier molecular flexibility index (Phi) is 5.58. The van der Waals surface area contributed by atoms with E-state index in [4.69, 9.17) is 0 Å². The van der Waals surface area contributed by atoms with Gasteiger partial charge in [0.2, 0.25) is 15.9 Å². The van der Waals surface area contributed by atoms with Crippen LogP contribution in [0.25, 0.3) is 0 Å². The van der Waals surface area contributed by atoms with Gasteiger partial charge in [-0.05, 0) is 43.9 Å². The zero-order valence-corrected chi connectivity index (χ0v) is 14.0. The Balaban J connectivity index is 1.99. The molecule has 1 heterocycles. The van der Waals surface area contributed by atoms with Gasteiger partial charge in [-0.25, -0.2) is 12.7 Å². The molecule has 1 aromatic rings. The summed E-state index contributed by atoms with van der Waals surface area (Å²) in [6.07, 6.45) is 2.42. The number of nitrogens with zero attached hydrogens (tertiary/aromatic N) is 1. The molecule has 0 radical (unpaired) electrons. The third-order valence-corrected chi connectivity index (χ3v) is 5.99. The van der Waals surface area contributed by atoms with Crippen LogP contribution in [0.5, 0.6) is 0 Å². The van der Waals surface area contributed by atoms with Gasteiger partial charge < -0.3 is 5.32 Å². The van der Waals surface area contributed by atoms with Gasteiger partial charge >= 0.3 is 0 Å². The van der Waals surface area contributed by atoms with Crippen molar-refractivity contribution in [3.8, 4) is 0 Å². The number of hydrogen-bond acceptors (Lipinski definition) is 3. The Hall–Kier alpha value is -1.40. The molecule has 0 aromatic heterocycles. The molecule has 0 aliphatic carbocycles. The molecule has 1 N–H and O–H groups in total. The number of benzene rings is 1. The highest BCUT2D eigenvalue weighted by Crippen LogP contribution is 2.21. The van der Waals surface area contributed by atoms with Crippen molar-refractivity contribution in [3.05, 3.63) is 29.8 Å². The van der Waals surface area contributed by atoms with E-state index >= 15 is 0 Å². The highest BCUT2D eigenvalue weighted by Gasteiger charge is 2.31. The van der Waals surface area contributed by atoms with Crippen molar-refractivity contribution in [2.75, 3.05) is 24.2 Å². The Morgan fingerprint density at radius 2 is 1.95 bits per heavy atom. The smallest absolute Gasteiger partial charge is 0.228 e. The maximum absolute atomic E-state index is 12.4. The first-order chi connectivity index (χ1) is 10.5. The van der Waals surface area contributed by atoms with E-state index in [0.717, 1.165) is 24.9 Å². The summed E-state index contributed by atoms with van der Waals surface area (Å²) in [5.41, 5.74) is 1.98. The quantitative estimate of drug-likeness (QED) is 0.903. The fraction of sp³-hybridized carbons (Fsp3) is 0.562. The van der Waals surface area contributed by atoms with E-state index in [1.807, 2.05) is 24.3 Å². The van der Waals surface area contributed by atoms with Gasteiger partial charge in [0.1, 0.15) is 0 Å². The summed E-state index contributed by atoms with van der Waals surface area (Å²) in [5, 5.41) is 2.89. The molecule has 0 bridgehead atoms. The molecule has 1 aliphatic rings. The summed E-state index contributed by atoms with van der Waals surface area (Å²) in [7, 11) is -3.22. The molecule has 6 heteroatoms. The first-order valence-corrected chi connectivity index (χ1v) is 9.44. The van der Waals surface area contributed by atoms with Crippen LogP contribution in [0.2, 0.25) is 0 Å². The zero-order chi connectivity index (χ0) is 16.2. The van der Waals surface area contributed by atoms with Crippen molar-refractivity contribution < 1.29 is 13.2 Å². The lowest BCUT2D eigenvalue weighted by Gasteiger charge is -2.30. The van der Waals surface area contributed by atoms with Gasteiger partial charge in [0.05, 0.1) is 11.7 Å². The molecule has 1 amide bonds. The van der Waals surface area contributed by atoms with Gasteiger partial charge in [-0.15, -0.1) is 0 Å². The number of rotatable bonds is 5. The molecule has 1 aromatic carbocycles. The second kappa shape index (κ2) is 7.24. The molecular formula is C16H24N2O3S. The molecule has 2 rings (SSSR count). The number of amides is 1. The third kappa shape index (κ3) is 4.08. The predicted molar refractivity (Wildman–Crippen MR) is 88.2 cm³/mol. The number of piperidine rings is 1. The zero-order valence-electron chi connectivity index (χ0n) is 13.2. The minimum absolute atomic E-state index is 0.0832. The van der Waals surface area contributed by atoms with Gasteiger partial charge in [0.15, 0.2) is 0 Å². The maximum Gasteiger partial charge on any atom is 0.228 e. The average Bonchev–Trinajstić information content (AvgIpc) is 2.55. The number of hydrogen-bond donors (Lipinski definition) is 1. The number of carbonyl (C=O) groups is 1. The fourth-order valence-corrected chi connectivity index (χ4v) is 3.84. The molecule has 0 spiro atoms. The van der Waals surface area contributed by atoms with Crippen LogP contribution in [0.3, 0.4) is 0 Å². The van der Waals surface area contributed by atoms with Crippen molar-refractivity contribution in [2.24, 2.45) is 5.92 Å². The summed E-state index contributed by atoms with van der Waals surface area (Å²) in [4.78, 5) is 12.4. The monoisotopic (exact) mass is 324 g/mol. The lowest BCUT2D eigenvalue weighted by atomic mass is 9.98. The second-order valence-corrected chi connectivity index (χ2v) is 7.90. The van der Waals surface area contributed by atoms with Crippen LogP contribution in [0.1, 0.15) is 32.3 Å². The van der Waals surface area contributed by atoms with E-state index in [2.05, 4.69) is 12.2 Å². The molecular weight excluding hydrogens is 300 g/mol. The summed E-state index contributed by atoms with van der Waals surface area (Å²) >= 11 is 0. The van der Waals surface area contributed by atoms with Crippen LogP contribution >= 0.6 is 0 Å². The number of nitrogens with one attached hydrogen (secondary N) is 1. The number of carbonyl (C=O) groups excluding carboxylic acids is 1. The number of aryl methyl sites for hydroxylation is 1. The highest BCUT2D eigenvalue weighted by molar-refractivity contribution is 7.89. The van der Waals surface area contributed by atoms with Gasteiger partial charge in [-0.3, -0.25) is 4.79 Å². The van der Waals surface area contributed by atoms with Crippen molar-refractivity contribution in [2.45, 2.75) is 33.1 Å². The van der Waals surface area contributed by atoms with E-state index in [1.54, 1.807) is 6.92 Å². The van der Waals surface area contributed by atoms with E-state index in [-0.39, 0.29) is 24.1 Å². The normalized spacial score (nSPS) is 19.8. The van der Waals surface area contributed by atoms with E-state index in [0.29, 0.717) is 6.54 Å². The molecule has 1 unspecified atom stereocenters. The topological polar surface area (TPSA) is 66.5 Å². The fourth-order valence-electron chi connectivity index (χ4n) is 2.66. The largest absolute Gasteiger partial charge is 0.326 e. The summed E-state index contributed by atoms with van der Waals surface area (Å²) in [5.74, 6) is -0.291. The molecule has 122 valence electrons. The Labute approximate surface area is 132 Å². The van der Waals surface area contributed by atoms with Crippen molar-refractivity contribution >= 4 is 21.6 Å². The van der Waals surface area contributed by atoms with Crippen LogP contribution in [0.4, 0.5) is 5.69 Å². The average molecular weight is 324 g/mol. The standard InChI is InChI=1S/C16H24N2O3S/c1-3-13-7-9-15(10-8-13)17-16(19)14-6-5-11-18(12-14)22(20,21)4-2/h7-10,14H,3-6,11-12H2,1-2H3,(H,17,19). The molecule has 22 heavy (non-hydrogen) atoms. The molecule has 5 nitrogen and oxygen atoms in total. The Morgan fingerprint density at radius 1 is 1.27 bits per heavy atom. The third-order valence-electron chi connectivity index (χ3n) is 4.14. The van der Waals surface area contributed by atoms with Crippen LogP contribution in [-0.2, 0) is 21.2 Å². The molecule has 0 saturated carbocycles. The van der Waals surface area contributed by atoms with Crippen LogP contribution < -0.4 is 5.32 Å². The minimum atomic E-state index is -3.22. The van der Waals surface area contributed by atoms with Crippen molar-refractivity contribution in [1.82, 2.24) is 4.31 Å². The summed E-state index contributed by atoms with van der Waals surface area (Å²) in [6.45, 7) is 4.52. The minimum Gasteiger partial charge on any atom is -0.326 e. The molecule has 1 saturated heterocycles. The first kappa shape index (κ1) is 17.0. The first-order valence-electron chi connectivity index (χ1n) is 7.84. The summed E-state index contributed by atoms with van der Waals surface area (Å²) < 4.78 is 25.3. The molecule has 1 fully saturated rings. The Morgan fingerprint density at radius 3 is 2.55 bits per heavy atom. The van der Waals surface area contributed by atoms with E-state index in [9.17, 15) is 13.2 Å². The predicted octanol–water partition coefficient (Wildman–Crippen LogP) is 2.25.